The molecule has 0 bridgehead atoms. The maximum absolute atomic E-state index is 13.3. The number of aromatic nitrogens is 5. The van der Waals surface area contributed by atoms with Crippen LogP contribution in [0.4, 0.5) is 16.3 Å². The van der Waals surface area contributed by atoms with E-state index in [4.69, 9.17) is 5.10 Å². The molecule has 1 aliphatic rings. The molecule has 5 aromatic rings. The van der Waals surface area contributed by atoms with Gasteiger partial charge >= 0.3 is 6.03 Å². The summed E-state index contributed by atoms with van der Waals surface area (Å²) in [6.07, 6.45) is 2.67. The van der Waals surface area contributed by atoms with E-state index in [1.54, 1.807) is 4.68 Å². The van der Waals surface area contributed by atoms with Crippen LogP contribution in [0.3, 0.4) is 0 Å². The first-order chi connectivity index (χ1) is 22.5. The maximum atomic E-state index is 13.3. The number of anilines is 2. The molecule has 3 amide bonds. The molecule has 1 saturated heterocycles. The van der Waals surface area contributed by atoms with Gasteiger partial charge in [-0.1, -0.05) is 68.8 Å². The summed E-state index contributed by atoms with van der Waals surface area (Å²) >= 11 is 0. The summed E-state index contributed by atoms with van der Waals surface area (Å²) in [6.45, 7) is 11.5. The smallest absolute Gasteiger partial charge is 0.324 e. The van der Waals surface area contributed by atoms with Gasteiger partial charge in [0.15, 0.2) is 5.69 Å². The Bertz CT molecular complexity index is 1860. The van der Waals surface area contributed by atoms with E-state index in [0.717, 1.165) is 53.1 Å². The van der Waals surface area contributed by atoms with Crippen LogP contribution in [0.1, 0.15) is 66.6 Å². The van der Waals surface area contributed by atoms with Crippen molar-refractivity contribution < 1.29 is 9.59 Å². The Balaban J connectivity index is 1.06. The number of carbonyl (C=O) groups is 2. The highest BCUT2D eigenvalue weighted by molar-refractivity contribution is 5.99. The average molecular weight is 631 g/mol. The highest BCUT2D eigenvalue weighted by Gasteiger charge is 2.27. The number of hydrogen-bond donors (Lipinski definition) is 2. The number of urea groups is 1. The summed E-state index contributed by atoms with van der Waals surface area (Å²) < 4.78 is 1.78. The quantitative estimate of drug-likeness (QED) is 0.199. The molecule has 1 aliphatic heterocycles. The monoisotopic (exact) mass is 630 g/mol. The number of para-hydroxylation sites is 1. The number of nitrogens with zero attached hydrogens (tertiary/aromatic N) is 6. The van der Waals surface area contributed by atoms with E-state index < -0.39 is 0 Å². The summed E-state index contributed by atoms with van der Waals surface area (Å²) in [5.74, 6) is 0.967. The van der Waals surface area contributed by atoms with E-state index in [9.17, 15) is 9.59 Å². The number of likely N-dealkylation sites (tertiary alicyclic amines) is 1. The van der Waals surface area contributed by atoms with Crippen LogP contribution in [0.5, 0.6) is 0 Å². The molecule has 3 heterocycles. The van der Waals surface area contributed by atoms with Gasteiger partial charge in [-0.25, -0.2) is 9.48 Å². The van der Waals surface area contributed by atoms with Crippen molar-refractivity contribution >= 4 is 23.4 Å². The molecule has 242 valence electrons. The molecule has 10 nitrogen and oxygen atoms in total. The van der Waals surface area contributed by atoms with Crippen LogP contribution < -0.4 is 10.6 Å². The van der Waals surface area contributed by atoms with E-state index >= 15 is 0 Å². The van der Waals surface area contributed by atoms with E-state index in [1.165, 1.54) is 4.80 Å². The van der Waals surface area contributed by atoms with E-state index in [2.05, 4.69) is 47.7 Å². The second kappa shape index (κ2) is 13.2. The lowest BCUT2D eigenvalue weighted by Crippen LogP contribution is -2.39. The van der Waals surface area contributed by atoms with Crippen molar-refractivity contribution in [3.05, 3.63) is 113 Å². The number of carbonyl (C=O) groups excluding carboxylic acids is 2. The molecule has 0 unspecified atom stereocenters. The summed E-state index contributed by atoms with van der Waals surface area (Å²) in [6, 6.07) is 27.3. The lowest BCUT2D eigenvalue weighted by atomic mass is 9.90. The first-order valence-electron chi connectivity index (χ1n) is 16.2. The van der Waals surface area contributed by atoms with Crippen LogP contribution >= 0.6 is 0 Å². The molecule has 1 fully saturated rings. The number of nitrogens with one attached hydrogen (secondary N) is 2. The van der Waals surface area contributed by atoms with Crippen molar-refractivity contribution in [1.82, 2.24) is 29.7 Å². The van der Waals surface area contributed by atoms with Crippen LogP contribution in [-0.2, 0) is 11.8 Å². The molecule has 0 atom stereocenters. The van der Waals surface area contributed by atoms with Gasteiger partial charge in [-0.15, -0.1) is 5.10 Å². The highest BCUT2D eigenvalue weighted by atomic mass is 16.2. The average Bonchev–Trinajstić information content (AvgIpc) is 3.66. The fourth-order valence-electron chi connectivity index (χ4n) is 5.85. The Kier molecular flexibility index (Phi) is 8.93. The molecule has 0 aliphatic carbocycles. The van der Waals surface area contributed by atoms with Gasteiger partial charge in [-0.3, -0.25) is 10.1 Å². The molecular formula is C37H42N8O2. The number of aryl methyl sites for hydroxylation is 2. The fraction of sp³-hybridized carbons (Fsp3) is 0.324. The summed E-state index contributed by atoms with van der Waals surface area (Å²) in [4.78, 5) is 29.9. The zero-order chi connectivity index (χ0) is 33.1. The first kappa shape index (κ1) is 31.7. The number of rotatable bonds is 7. The summed E-state index contributed by atoms with van der Waals surface area (Å²) in [5, 5.41) is 19.8. The second-order valence-electron chi connectivity index (χ2n) is 13.4. The van der Waals surface area contributed by atoms with Gasteiger partial charge in [-0.2, -0.15) is 15.0 Å². The van der Waals surface area contributed by atoms with Gasteiger partial charge in [0.1, 0.15) is 5.82 Å². The number of benzene rings is 3. The van der Waals surface area contributed by atoms with E-state index in [0.29, 0.717) is 36.2 Å². The van der Waals surface area contributed by atoms with Crippen molar-refractivity contribution in [2.24, 2.45) is 5.92 Å². The fourth-order valence-corrected chi connectivity index (χ4v) is 5.85. The molecule has 3 aromatic carbocycles. The van der Waals surface area contributed by atoms with Crippen LogP contribution in [0, 0.1) is 19.8 Å². The van der Waals surface area contributed by atoms with Crippen LogP contribution in [0.15, 0.2) is 84.9 Å². The van der Waals surface area contributed by atoms with Crippen molar-refractivity contribution in [3.63, 3.8) is 0 Å². The molecule has 6 rings (SSSR count). The van der Waals surface area contributed by atoms with Gasteiger partial charge in [-0.05, 0) is 81.0 Å². The topological polar surface area (TPSA) is 110 Å². The van der Waals surface area contributed by atoms with E-state index in [1.807, 2.05) is 97.6 Å². The van der Waals surface area contributed by atoms with Crippen LogP contribution in [0.25, 0.3) is 11.4 Å². The van der Waals surface area contributed by atoms with Crippen molar-refractivity contribution in [3.8, 4) is 11.4 Å². The van der Waals surface area contributed by atoms with Crippen molar-refractivity contribution in [1.29, 1.82) is 0 Å². The lowest BCUT2D eigenvalue weighted by Gasteiger charge is -2.31. The molecule has 2 aromatic heterocycles. The van der Waals surface area contributed by atoms with Crippen molar-refractivity contribution in [2.45, 2.75) is 59.3 Å². The number of piperidine rings is 1. The largest absolute Gasteiger partial charge is 0.337 e. The van der Waals surface area contributed by atoms with Gasteiger partial charge in [0.2, 0.25) is 0 Å². The molecular weight excluding hydrogens is 588 g/mol. The molecule has 0 radical (unpaired) electrons. The standard InChI is InChI=1S/C37H42N8O2/c1-25-14-16-30(17-15-25)44-33(24-32(41-44)37(3,4)5)39-36(47)38-29-11-9-10-28(23-29)22-27-18-20-43(21-19-27)35(46)34-26(2)40-45(42-34)31-12-7-6-8-13-31/h6-17,23-24,27H,18-22H2,1-5H3,(H2,38,39,47). The Hall–Kier alpha value is -5.25. The Morgan fingerprint density at radius 2 is 1.53 bits per heavy atom. The number of hydrogen-bond acceptors (Lipinski definition) is 5. The molecule has 10 heteroatoms. The minimum Gasteiger partial charge on any atom is -0.337 e. The minimum absolute atomic E-state index is 0.0707. The Morgan fingerprint density at radius 1 is 0.809 bits per heavy atom. The third-order valence-corrected chi connectivity index (χ3v) is 8.58. The zero-order valence-electron chi connectivity index (χ0n) is 27.7. The van der Waals surface area contributed by atoms with Gasteiger partial charge in [0.05, 0.1) is 22.8 Å². The predicted octanol–water partition coefficient (Wildman–Crippen LogP) is 7.11. The normalized spacial score (nSPS) is 13.9. The molecule has 0 saturated carbocycles. The third kappa shape index (κ3) is 7.43. The predicted molar refractivity (Wildman–Crippen MR) is 185 cm³/mol. The Labute approximate surface area is 275 Å². The minimum atomic E-state index is -0.331. The third-order valence-electron chi connectivity index (χ3n) is 8.58. The highest BCUT2D eigenvalue weighted by Crippen LogP contribution is 2.28. The SMILES string of the molecule is Cc1ccc(-n2nc(C(C)(C)C)cc2NC(=O)Nc2cccc(CC3CCN(C(=O)c4nn(-c5ccccc5)nc4C)CC3)c2)cc1. The van der Waals surface area contributed by atoms with Gasteiger partial charge < -0.3 is 10.2 Å². The molecule has 2 N–H and O–H groups in total. The zero-order valence-corrected chi connectivity index (χ0v) is 27.7. The summed E-state index contributed by atoms with van der Waals surface area (Å²) in [5.41, 5.74) is 6.47. The first-order valence-corrected chi connectivity index (χ1v) is 16.2. The van der Waals surface area contributed by atoms with Gasteiger partial charge in [0, 0.05) is 30.3 Å². The maximum Gasteiger partial charge on any atom is 0.324 e. The summed E-state index contributed by atoms with van der Waals surface area (Å²) in [7, 11) is 0. The number of amides is 3. The molecule has 47 heavy (non-hydrogen) atoms. The lowest BCUT2D eigenvalue weighted by molar-refractivity contribution is 0.0683. The molecule has 0 spiro atoms. The van der Waals surface area contributed by atoms with Crippen LogP contribution in [-0.4, -0.2) is 54.7 Å². The second-order valence-corrected chi connectivity index (χ2v) is 13.4. The van der Waals surface area contributed by atoms with Gasteiger partial charge in [0.25, 0.3) is 5.91 Å². The van der Waals surface area contributed by atoms with Crippen molar-refractivity contribution in [2.75, 3.05) is 23.7 Å². The Morgan fingerprint density at radius 3 is 2.23 bits per heavy atom. The van der Waals surface area contributed by atoms with E-state index in [-0.39, 0.29) is 17.4 Å². The van der Waals surface area contributed by atoms with Crippen LogP contribution in [0.2, 0.25) is 0 Å².